The lowest BCUT2D eigenvalue weighted by atomic mass is 10.3. The van der Waals surface area contributed by atoms with Gasteiger partial charge in [0.05, 0.1) is 11.9 Å². The third-order valence-corrected chi connectivity index (χ3v) is 3.52. The molecule has 0 saturated heterocycles. The second-order valence-corrected chi connectivity index (χ2v) is 5.43. The minimum absolute atomic E-state index is 0.0765. The monoisotopic (exact) mass is 325 g/mol. The van der Waals surface area contributed by atoms with Crippen LogP contribution in [0, 0.1) is 0 Å². The zero-order chi connectivity index (χ0) is 13.6. The van der Waals surface area contributed by atoms with Gasteiger partial charge in [0.25, 0.3) is 5.56 Å². The van der Waals surface area contributed by atoms with E-state index < -0.39 is 18.3 Å². The largest absolute Gasteiger partial charge is 0.408 e. The van der Waals surface area contributed by atoms with Crippen molar-refractivity contribution in [2.24, 2.45) is 0 Å². The van der Waals surface area contributed by atoms with Crippen molar-refractivity contribution < 1.29 is 13.2 Å². The van der Waals surface area contributed by atoms with E-state index in [1.165, 1.54) is 6.20 Å². The van der Waals surface area contributed by atoms with Gasteiger partial charge in [-0.2, -0.15) is 18.3 Å². The maximum Gasteiger partial charge on any atom is 0.408 e. The topological polar surface area (TPSA) is 46.9 Å². The number of alkyl halides is 3. The van der Waals surface area contributed by atoms with Gasteiger partial charge in [-0.25, -0.2) is 4.68 Å². The van der Waals surface area contributed by atoms with Crippen molar-refractivity contribution in [3.63, 3.8) is 0 Å². The fraction of sp³-hybridized carbons (Fsp3) is 0.600. The number of aromatic nitrogens is 2. The number of hydrogen-bond acceptors (Lipinski definition) is 3. The minimum Gasteiger partial charge on any atom is -0.378 e. The van der Waals surface area contributed by atoms with Crippen LogP contribution >= 0.6 is 15.9 Å². The first-order chi connectivity index (χ1) is 8.20. The molecule has 1 N–H and O–H groups in total. The molecule has 8 heteroatoms. The fourth-order valence-corrected chi connectivity index (χ4v) is 1.88. The summed E-state index contributed by atoms with van der Waals surface area (Å²) in [5.41, 5.74) is -0.438. The van der Waals surface area contributed by atoms with Gasteiger partial charge in [-0.15, -0.1) is 0 Å². The Balaban J connectivity index is 2.27. The van der Waals surface area contributed by atoms with E-state index in [1.807, 2.05) is 6.92 Å². The van der Waals surface area contributed by atoms with Crippen molar-refractivity contribution in [1.29, 1.82) is 0 Å². The Kier molecular flexibility index (Phi) is 3.16. The molecule has 0 bridgehead atoms. The Morgan fingerprint density at radius 2 is 2.17 bits per heavy atom. The molecule has 0 radical (unpaired) electrons. The number of rotatable bonds is 3. The summed E-state index contributed by atoms with van der Waals surface area (Å²) in [6, 6.07) is 0. The molecule has 1 fully saturated rings. The van der Waals surface area contributed by atoms with E-state index >= 15 is 0 Å². The molecule has 0 aromatic carbocycles. The number of nitrogens with one attached hydrogen (secondary N) is 1. The average Bonchev–Trinajstić information content (AvgIpc) is 2.95. The van der Waals surface area contributed by atoms with E-state index in [9.17, 15) is 18.0 Å². The third kappa shape index (κ3) is 3.04. The van der Waals surface area contributed by atoms with E-state index in [0.29, 0.717) is 10.4 Å². The Bertz CT molecular complexity index is 522. The van der Waals surface area contributed by atoms with E-state index in [0.717, 1.165) is 12.8 Å². The summed E-state index contributed by atoms with van der Waals surface area (Å²) in [4.78, 5) is 11.7. The van der Waals surface area contributed by atoms with Gasteiger partial charge in [0.2, 0.25) is 0 Å². The summed E-state index contributed by atoms with van der Waals surface area (Å²) < 4.78 is 37.1. The summed E-state index contributed by atoms with van der Waals surface area (Å²) in [6.45, 7) is 0.586. The molecule has 1 aliphatic carbocycles. The third-order valence-electron chi connectivity index (χ3n) is 2.75. The first kappa shape index (κ1) is 13.4. The van der Waals surface area contributed by atoms with Crippen molar-refractivity contribution in [1.82, 2.24) is 9.78 Å². The van der Waals surface area contributed by atoms with Gasteiger partial charge in [-0.1, -0.05) is 0 Å². The molecule has 1 aromatic rings. The van der Waals surface area contributed by atoms with E-state index in [-0.39, 0.29) is 10.0 Å². The van der Waals surface area contributed by atoms with Crippen molar-refractivity contribution >= 4 is 21.6 Å². The molecule has 0 amide bonds. The lowest BCUT2D eigenvalue weighted by Gasteiger charge is -2.15. The second kappa shape index (κ2) is 4.25. The lowest BCUT2D eigenvalue weighted by molar-refractivity contribution is -0.143. The molecule has 1 saturated carbocycles. The SMILES string of the molecule is CC1(Nc2cnn(CC(F)(F)F)c(=O)c2Br)CC1. The molecule has 0 aliphatic heterocycles. The Labute approximate surface area is 109 Å². The Hall–Kier alpha value is -1.05. The van der Waals surface area contributed by atoms with Crippen LogP contribution in [0.25, 0.3) is 0 Å². The van der Waals surface area contributed by atoms with Crippen LogP contribution in [0.5, 0.6) is 0 Å². The molecule has 2 rings (SSSR count). The molecule has 4 nitrogen and oxygen atoms in total. The molecular formula is C10H11BrF3N3O. The Morgan fingerprint density at radius 3 is 2.67 bits per heavy atom. The van der Waals surface area contributed by atoms with Crippen LogP contribution in [-0.2, 0) is 6.54 Å². The minimum atomic E-state index is -4.46. The molecular weight excluding hydrogens is 315 g/mol. The zero-order valence-corrected chi connectivity index (χ0v) is 11.1. The highest BCUT2D eigenvalue weighted by molar-refractivity contribution is 9.10. The van der Waals surface area contributed by atoms with Gasteiger partial charge >= 0.3 is 6.18 Å². The lowest BCUT2D eigenvalue weighted by Crippen LogP contribution is -2.31. The van der Waals surface area contributed by atoms with Crippen LogP contribution in [0.3, 0.4) is 0 Å². The standard InChI is InChI=1S/C10H11BrF3N3O/c1-9(2-3-9)16-6-4-15-17(5-10(12,13)14)8(18)7(6)11/h4,16H,2-3,5H2,1H3. The van der Waals surface area contributed by atoms with Crippen LogP contribution in [0.15, 0.2) is 15.5 Å². The highest BCUT2D eigenvalue weighted by atomic mass is 79.9. The summed E-state index contributed by atoms with van der Waals surface area (Å²) in [6.07, 6.45) is -1.30. The van der Waals surface area contributed by atoms with Crippen LogP contribution in [0.2, 0.25) is 0 Å². The summed E-state index contributed by atoms with van der Waals surface area (Å²) in [7, 11) is 0. The maximum absolute atomic E-state index is 12.2. The highest BCUT2D eigenvalue weighted by Gasteiger charge is 2.38. The van der Waals surface area contributed by atoms with Crippen LogP contribution in [0.4, 0.5) is 18.9 Å². The van der Waals surface area contributed by atoms with Gasteiger partial charge in [0.1, 0.15) is 11.0 Å². The smallest absolute Gasteiger partial charge is 0.378 e. The Morgan fingerprint density at radius 1 is 1.56 bits per heavy atom. The van der Waals surface area contributed by atoms with Crippen LogP contribution < -0.4 is 10.9 Å². The van der Waals surface area contributed by atoms with E-state index in [1.54, 1.807) is 0 Å². The first-order valence-electron chi connectivity index (χ1n) is 5.31. The van der Waals surface area contributed by atoms with E-state index in [2.05, 4.69) is 26.3 Å². The highest BCUT2D eigenvalue weighted by Crippen LogP contribution is 2.39. The van der Waals surface area contributed by atoms with Crippen LogP contribution in [0.1, 0.15) is 19.8 Å². The van der Waals surface area contributed by atoms with Crippen molar-refractivity contribution in [2.45, 2.75) is 38.0 Å². The number of hydrogen-bond donors (Lipinski definition) is 1. The molecule has 18 heavy (non-hydrogen) atoms. The van der Waals surface area contributed by atoms with Gasteiger partial charge in [-0.3, -0.25) is 4.79 Å². The summed E-state index contributed by atoms with van der Waals surface area (Å²) in [5, 5.41) is 6.62. The summed E-state index contributed by atoms with van der Waals surface area (Å²) in [5.74, 6) is 0. The van der Waals surface area contributed by atoms with Gasteiger partial charge in [0.15, 0.2) is 0 Å². The molecule has 0 atom stereocenters. The van der Waals surface area contributed by atoms with Crippen molar-refractivity contribution in [3.8, 4) is 0 Å². The van der Waals surface area contributed by atoms with Crippen molar-refractivity contribution in [3.05, 3.63) is 21.0 Å². The van der Waals surface area contributed by atoms with Gasteiger partial charge < -0.3 is 5.32 Å². The van der Waals surface area contributed by atoms with E-state index in [4.69, 9.17) is 0 Å². The number of halogens is 4. The molecule has 0 spiro atoms. The van der Waals surface area contributed by atoms with Crippen LogP contribution in [-0.4, -0.2) is 21.5 Å². The quantitative estimate of drug-likeness (QED) is 0.929. The molecule has 1 aliphatic rings. The number of nitrogens with zero attached hydrogens (tertiary/aromatic N) is 2. The maximum atomic E-state index is 12.2. The zero-order valence-electron chi connectivity index (χ0n) is 9.51. The predicted octanol–water partition coefficient (Wildman–Crippen LogP) is 2.53. The molecule has 1 heterocycles. The normalized spacial score (nSPS) is 17.6. The average molecular weight is 326 g/mol. The van der Waals surface area contributed by atoms with Gasteiger partial charge in [0, 0.05) is 5.54 Å². The number of anilines is 1. The van der Waals surface area contributed by atoms with Gasteiger partial charge in [-0.05, 0) is 35.7 Å². The molecule has 100 valence electrons. The van der Waals surface area contributed by atoms with Crippen molar-refractivity contribution in [2.75, 3.05) is 5.32 Å². The molecule has 1 aromatic heterocycles. The molecule has 0 unspecified atom stereocenters. The fourth-order valence-electron chi connectivity index (χ4n) is 1.47. The first-order valence-corrected chi connectivity index (χ1v) is 6.10. The second-order valence-electron chi connectivity index (χ2n) is 4.64. The summed E-state index contributed by atoms with van der Waals surface area (Å²) >= 11 is 3.02. The predicted molar refractivity (Wildman–Crippen MR) is 63.5 cm³/mol.